The van der Waals surface area contributed by atoms with Gasteiger partial charge in [0.15, 0.2) is 11.9 Å². The van der Waals surface area contributed by atoms with E-state index >= 15 is 0 Å². The van der Waals surface area contributed by atoms with E-state index in [1.54, 1.807) is 28.1 Å². The first kappa shape index (κ1) is 20.2. The zero-order chi connectivity index (χ0) is 21.8. The number of rotatable bonds is 3. The molecular weight excluding hydrogens is 448 g/mol. The summed E-state index contributed by atoms with van der Waals surface area (Å²) in [5, 5.41) is 30.0. The van der Waals surface area contributed by atoms with Crippen LogP contribution in [-0.2, 0) is 4.74 Å². The SMILES string of the molecule is OC[C@H]1O[C@@H](n2cnc3c(-c4cccc5c4Sc4ccccc4S5)ncnc32)[C@H](O)[C@@H]1O. The molecular formula is C22H18N4O4S2. The number of nitrogens with zero attached hydrogens (tertiary/aromatic N) is 4. The van der Waals surface area contributed by atoms with Gasteiger partial charge in [0.1, 0.15) is 35.8 Å². The molecule has 2 aliphatic heterocycles. The number of benzene rings is 2. The molecule has 4 atom stereocenters. The summed E-state index contributed by atoms with van der Waals surface area (Å²) in [6.45, 7) is -0.395. The van der Waals surface area contributed by atoms with Crippen LogP contribution in [0.2, 0.25) is 0 Å². The quantitative estimate of drug-likeness (QED) is 0.369. The van der Waals surface area contributed by atoms with Crippen LogP contribution in [-0.4, -0.2) is 59.8 Å². The summed E-state index contributed by atoms with van der Waals surface area (Å²) in [6, 6.07) is 14.4. The Morgan fingerprint density at radius 3 is 2.47 bits per heavy atom. The predicted molar refractivity (Wildman–Crippen MR) is 118 cm³/mol. The van der Waals surface area contributed by atoms with Crippen molar-refractivity contribution in [3.8, 4) is 11.3 Å². The normalized spacial score (nSPS) is 24.5. The molecule has 2 aromatic heterocycles. The molecule has 2 aliphatic rings. The molecule has 4 heterocycles. The van der Waals surface area contributed by atoms with Crippen molar-refractivity contribution in [3.05, 3.63) is 55.1 Å². The van der Waals surface area contributed by atoms with Gasteiger partial charge in [-0.1, -0.05) is 47.8 Å². The van der Waals surface area contributed by atoms with Crippen molar-refractivity contribution < 1.29 is 20.1 Å². The first-order valence-electron chi connectivity index (χ1n) is 10.0. The summed E-state index contributed by atoms with van der Waals surface area (Å²) in [7, 11) is 0. The van der Waals surface area contributed by atoms with Gasteiger partial charge < -0.3 is 20.1 Å². The third-order valence-electron chi connectivity index (χ3n) is 5.67. The fourth-order valence-corrected chi connectivity index (χ4v) is 6.46. The number of imidazole rings is 1. The topological polar surface area (TPSA) is 114 Å². The average molecular weight is 467 g/mol. The minimum absolute atomic E-state index is 0.395. The first-order valence-corrected chi connectivity index (χ1v) is 11.7. The van der Waals surface area contributed by atoms with Crippen LogP contribution in [0.25, 0.3) is 22.4 Å². The lowest BCUT2D eigenvalue weighted by molar-refractivity contribution is -0.0511. The van der Waals surface area contributed by atoms with Gasteiger partial charge in [0.05, 0.1) is 12.9 Å². The average Bonchev–Trinajstić information content (AvgIpc) is 3.38. The van der Waals surface area contributed by atoms with Gasteiger partial charge in [-0.15, -0.1) is 0 Å². The highest BCUT2D eigenvalue weighted by molar-refractivity contribution is 8.05. The van der Waals surface area contributed by atoms with E-state index in [1.807, 2.05) is 24.3 Å². The van der Waals surface area contributed by atoms with E-state index < -0.39 is 31.1 Å². The lowest BCUT2D eigenvalue weighted by Gasteiger charge is -2.20. The minimum atomic E-state index is -1.21. The summed E-state index contributed by atoms with van der Waals surface area (Å²) < 4.78 is 7.25. The zero-order valence-corrected chi connectivity index (χ0v) is 18.2. The molecule has 6 rings (SSSR count). The van der Waals surface area contributed by atoms with Crippen LogP contribution >= 0.6 is 23.5 Å². The summed E-state index contributed by atoms with van der Waals surface area (Å²) >= 11 is 3.44. The molecule has 1 fully saturated rings. The van der Waals surface area contributed by atoms with Crippen molar-refractivity contribution in [2.45, 2.75) is 44.1 Å². The predicted octanol–water partition coefficient (Wildman–Crippen LogP) is 2.72. The Labute approximate surface area is 191 Å². The second kappa shape index (κ2) is 7.84. The van der Waals surface area contributed by atoms with E-state index in [2.05, 4.69) is 33.2 Å². The number of hydrogen-bond donors (Lipinski definition) is 3. The Balaban J connectivity index is 1.45. The van der Waals surface area contributed by atoms with Gasteiger partial charge in [0.25, 0.3) is 0 Å². The largest absolute Gasteiger partial charge is 0.394 e. The smallest absolute Gasteiger partial charge is 0.166 e. The summed E-state index contributed by atoms with van der Waals surface area (Å²) in [5.41, 5.74) is 2.69. The highest BCUT2D eigenvalue weighted by Crippen LogP contribution is 2.51. The van der Waals surface area contributed by atoms with Crippen molar-refractivity contribution in [1.82, 2.24) is 19.5 Å². The number of aliphatic hydroxyl groups is 3. The third-order valence-corrected chi connectivity index (χ3v) is 8.28. The van der Waals surface area contributed by atoms with Gasteiger partial charge in [0.2, 0.25) is 0 Å². The van der Waals surface area contributed by atoms with Crippen molar-refractivity contribution >= 4 is 34.7 Å². The number of hydrogen-bond acceptors (Lipinski definition) is 9. The van der Waals surface area contributed by atoms with E-state index in [1.165, 1.54) is 22.4 Å². The van der Waals surface area contributed by atoms with Crippen LogP contribution in [0.4, 0.5) is 0 Å². The molecule has 0 amide bonds. The standard InChI is InChI=1S/C22H18N4O4S2/c27-8-12-18(28)19(29)22(30-12)26-10-25-17-16(23-9-24-21(17)26)11-4-3-7-15-20(11)32-14-6-2-1-5-13(14)31-15/h1-7,9-10,12,18-19,22,27-29H,8H2/t12-,18-,19-,22-/m1/s1. The maximum absolute atomic E-state index is 10.4. The summed E-state index contributed by atoms with van der Waals surface area (Å²) in [6.07, 6.45) is -1.20. The van der Waals surface area contributed by atoms with Gasteiger partial charge in [-0.3, -0.25) is 4.57 Å². The maximum atomic E-state index is 10.4. The van der Waals surface area contributed by atoms with Crippen LogP contribution in [0.3, 0.4) is 0 Å². The molecule has 8 nitrogen and oxygen atoms in total. The van der Waals surface area contributed by atoms with E-state index in [9.17, 15) is 15.3 Å². The van der Waals surface area contributed by atoms with Gasteiger partial charge in [0, 0.05) is 25.1 Å². The number of aromatic nitrogens is 4. The fourth-order valence-electron chi connectivity index (χ4n) is 4.08. The van der Waals surface area contributed by atoms with Crippen LogP contribution in [0.15, 0.2) is 74.7 Å². The molecule has 0 radical (unpaired) electrons. The van der Waals surface area contributed by atoms with Crippen LogP contribution in [0, 0.1) is 0 Å². The monoisotopic (exact) mass is 466 g/mol. The van der Waals surface area contributed by atoms with Gasteiger partial charge in [-0.2, -0.15) is 0 Å². The van der Waals surface area contributed by atoms with Crippen LogP contribution in [0.1, 0.15) is 6.23 Å². The second-order valence-electron chi connectivity index (χ2n) is 7.56. The molecule has 4 aromatic rings. The minimum Gasteiger partial charge on any atom is -0.394 e. The lowest BCUT2D eigenvalue weighted by atomic mass is 10.1. The Morgan fingerprint density at radius 1 is 0.906 bits per heavy atom. The molecule has 2 aromatic carbocycles. The van der Waals surface area contributed by atoms with E-state index in [0.717, 1.165) is 15.4 Å². The molecule has 1 saturated heterocycles. The van der Waals surface area contributed by atoms with Gasteiger partial charge >= 0.3 is 0 Å². The molecule has 0 saturated carbocycles. The Hall–Kier alpha value is -2.47. The Morgan fingerprint density at radius 2 is 1.69 bits per heavy atom. The lowest BCUT2D eigenvalue weighted by Crippen LogP contribution is -2.33. The molecule has 32 heavy (non-hydrogen) atoms. The van der Waals surface area contributed by atoms with Gasteiger partial charge in [-0.05, 0) is 18.2 Å². The Bertz CT molecular complexity index is 1330. The van der Waals surface area contributed by atoms with Crippen LogP contribution in [0.5, 0.6) is 0 Å². The van der Waals surface area contributed by atoms with Crippen molar-refractivity contribution in [1.29, 1.82) is 0 Å². The number of ether oxygens (including phenoxy) is 1. The molecule has 3 N–H and O–H groups in total. The number of fused-ring (bicyclic) bond motifs is 3. The third kappa shape index (κ3) is 3.06. The van der Waals surface area contributed by atoms with Crippen molar-refractivity contribution in [3.63, 3.8) is 0 Å². The number of aliphatic hydroxyl groups excluding tert-OH is 3. The molecule has 0 aliphatic carbocycles. The Kier molecular flexibility index (Phi) is 4.94. The van der Waals surface area contributed by atoms with E-state index in [-0.39, 0.29) is 0 Å². The van der Waals surface area contributed by atoms with E-state index in [0.29, 0.717) is 16.9 Å². The molecule has 0 unspecified atom stereocenters. The highest BCUT2D eigenvalue weighted by atomic mass is 32.2. The highest BCUT2D eigenvalue weighted by Gasteiger charge is 2.44. The van der Waals surface area contributed by atoms with Crippen molar-refractivity contribution in [2.75, 3.05) is 6.61 Å². The fraction of sp³-hybridized carbons (Fsp3) is 0.227. The van der Waals surface area contributed by atoms with Gasteiger partial charge in [-0.25, -0.2) is 15.0 Å². The molecule has 0 spiro atoms. The second-order valence-corrected chi connectivity index (χ2v) is 9.69. The zero-order valence-electron chi connectivity index (χ0n) is 16.6. The molecule has 0 bridgehead atoms. The molecule has 10 heteroatoms. The summed E-state index contributed by atoms with van der Waals surface area (Å²) in [4.78, 5) is 18.1. The summed E-state index contributed by atoms with van der Waals surface area (Å²) in [5.74, 6) is 0. The van der Waals surface area contributed by atoms with Crippen molar-refractivity contribution in [2.24, 2.45) is 0 Å². The first-order chi connectivity index (χ1) is 15.7. The van der Waals surface area contributed by atoms with E-state index in [4.69, 9.17) is 4.74 Å². The maximum Gasteiger partial charge on any atom is 0.166 e. The van der Waals surface area contributed by atoms with Crippen LogP contribution < -0.4 is 0 Å². The molecule has 162 valence electrons.